The lowest BCUT2D eigenvalue weighted by Gasteiger charge is -2.17. The number of nitrogens with two attached hydrogens (primary N) is 1. The Morgan fingerprint density at radius 1 is 1.12 bits per heavy atom. The van der Waals surface area contributed by atoms with Crippen molar-refractivity contribution in [2.45, 2.75) is 12.8 Å². The molecule has 1 fully saturated rings. The highest BCUT2D eigenvalue weighted by Crippen LogP contribution is 2.12. The third-order valence-electron chi connectivity index (χ3n) is 3.85. The van der Waals surface area contributed by atoms with E-state index in [1.54, 1.807) is 29.2 Å². The van der Waals surface area contributed by atoms with E-state index in [4.69, 9.17) is 16.2 Å². The highest BCUT2D eigenvalue weighted by molar-refractivity contribution is 6.01. The van der Waals surface area contributed by atoms with Crippen LogP contribution in [0.4, 0.5) is 4.79 Å². The summed E-state index contributed by atoms with van der Waals surface area (Å²) < 4.78 is 0. The number of urea groups is 1. The summed E-state index contributed by atoms with van der Waals surface area (Å²) >= 11 is 0. The molecular weight excluding hydrogens is 312 g/mol. The number of ketones is 1. The summed E-state index contributed by atoms with van der Waals surface area (Å²) in [5.41, 5.74) is 6.36. The molecule has 1 aromatic rings. The first-order chi connectivity index (χ1) is 11.4. The molecular formula is C16H20N4O4. The van der Waals surface area contributed by atoms with Crippen molar-refractivity contribution in [3.05, 3.63) is 35.4 Å². The van der Waals surface area contributed by atoms with Gasteiger partial charge in [-0.25, -0.2) is 4.79 Å². The molecule has 2 amide bonds. The van der Waals surface area contributed by atoms with E-state index in [0.717, 1.165) is 0 Å². The Balaban J connectivity index is 1.89. The summed E-state index contributed by atoms with van der Waals surface area (Å²) in [5.74, 6) is -1.14. The summed E-state index contributed by atoms with van der Waals surface area (Å²) in [6, 6.07) is 6.13. The lowest BCUT2D eigenvalue weighted by Crippen LogP contribution is -2.35. The van der Waals surface area contributed by atoms with Crippen molar-refractivity contribution in [1.82, 2.24) is 9.80 Å². The van der Waals surface area contributed by atoms with Crippen molar-refractivity contribution in [2.75, 3.05) is 26.2 Å². The Labute approximate surface area is 139 Å². The molecule has 1 aliphatic rings. The molecule has 1 saturated heterocycles. The Bertz CT molecular complexity index is 657. The van der Waals surface area contributed by atoms with Gasteiger partial charge in [0.05, 0.1) is 6.54 Å². The monoisotopic (exact) mass is 332 g/mol. The summed E-state index contributed by atoms with van der Waals surface area (Å²) in [4.78, 5) is 38.0. The van der Waals surface area contributed by atoms with Crippen LogP contribution in [0.5, 0.6) is 0 Å². The molecule has 0 radical (unpaired) electrons. The van der Waals surface area contributed by atoms with E-state index in [2.05, 4.69) is 0 Å². The van der Waals surface area contributed by atoms with Gasteiger partial charge in [0, 0.05) is 37.2 Å². The maximum Gasteiger partial charge on any atom is 0.320 e. The molecule has 0 bridgehead atoms. The smallest absolute Gasteiger partial charge is 0.320 e. The number of carboxylic acids is 1. The zero-order valence-electron chi connectivity index (χ0n) is 13.2. The van der Waals surface area contributed by atoms with Gasteiger partial charge in [0.2, 0.25) is 0 Å². The molecule has 0 atom stereocenters. The molecule has 1 heterocycles. The van der Waals surface area contributed by atoms with Crippen molar-refractivity contribution < 1.29 is 19.5 Å². The van der Waals surface area contributed by atoms with Gasteiger partial charge < -0.3 is 20.6 Å². The predicted molar refractivity (Wildman–Crippen MR) is 87.2 cm³/mol. The summed E-state index contributed by atoms with van der Waals surface area (Å²) in [5, 5.41) is 15.9. The second kappa shape index (κ2) is 7.58. The van der Waals surface area contributed by atoms with E-state index in [-0.39, 0.29) is 30.6 Å². The van der Waals surface area contributed by atoms with Crippen LogP contribution in [0.1, 0.15) is 28.8 Å². The van der Waals surface area contributed by atoms with Crippen LogP contribution in [0, 0.1) is 5.41 Å². The van der Waals surface area contributed by atoms with Gasteiger partial charge in [-0.15, -0.1) is 0 Å². The van der Waals surface area contributed by atoms with Crippen molar-refractivity contribution >= 4 is 23.6 Å². The average Bonchev–Trinajstić information content (AvgIpc) is 2.88. The SMILES string of the molecule is N=C(N)c1ccc(C(=O)CN2CCN(CCCC(=O)O)C2=O)cc1. The van der Waals surface area contributed by atoms with Crippen molar-refractivity contribution in [3.63, 3.8) is 0 Å². The van der Waals surface area contributed by atoms with E-state index in [1.807, 2.05) is 0 Å². The van der Waals surface area contributed by atoms with E-state index < -0.39 is 5.97 Å². The Morgan fingerprint density at radius 2 is 1.71 bits per heavy atom. The zero-order valence-corrected chi connectivity index (χ0v) is 13.2. The normalized spacial score (nSPS) is 14.1. The molecule has 128 valence electrons. The predicted octanol–water partition coefficient (Wildman–Crippen LogP) is 0.756. The van der Waals surface area contributed by atoms with Crippen LogP contribution in [0.3, 0.4) is 0 Å². The number of carboxylic acid groups (broad SMARTS) is 1. The summed E-state index contributed by atoms with van der Waals surface area (Å²) in [6.07, 6.45) is 0.417. The van der Waals surface area contributed by atoms with E-state index in [9.17, 15) is 14.4 Å². The van der Waals surface area contributed by atoms with Gasteiger partial charge in [0.15, 0.2) is 5.78 Å². The number of nitrogen functional groups attached to an aromatic ring is 1. The van der Waals surface area contributed by atoms with Gasteiger partial charge in [0.1, 0.15) is 5.84 Å². The number of nitrogens with one attached hydrogen (secondary N) is 1. The van der Waals surface area contributed by atoms with Gasteiger partial charge in [-0.05, 0) is 6.42 Å². The number of nitrogens with zero attached hydrogens (tertiary/aromatic N) is 2. The molecule has 2 rings (SSSR count). The minimum Gasteiger partial charge on any atom is -0.481 e. The standard InChI is InChI=1S/C16H20N4O4/c17-15(18)12-5-3-11(4-6-12)13(21)10-20-9-8-19(16(20)24)7-1-2-14(22)23/h3-6H,1-2,7-10H2,(H3,17,18)(H,22,23). The van der Waals surface area contributed by atoms with Crippen LogP contribution >= 0.6 is 0 Å². The second-order valence-electron chi connectivity index (χ2n) is 5.60. The molecule has 1 aromatic carbocycles. The van der Waals surface area contributed by atoms with Crippen LogP contribution in [0.15, 0.2) is 24.3 Å². The lowest BCUT2D eigenvalue weighted by atomic mass is 10.1. The molecule has 0 aromatic heterocycles. The molecule has 8 nitrogen and oxygen atoms in total. The fraction of sp³-hybridized carbons (Fsp3) is 0.375. The first-order valence-electron chi connectivity index (χ1n) is 7.62. The third-order valence-corrected chi connectivity index (χ3v) is 3.85. The Kier molecular flexibility index (Phi) is 5.51. The molecule has 0 saturated carbocycles. The summed E-state index contributed by atoms with van der Waals surface area (Å²) in [7, 11) is 0. The average molecular weight is 332 g/mol. The Morgan fingerprint density at radius 3 is 2.29 bits per heavy atom. The number of rotatable bonds is 8. The van der Waals surface area contributed by atoms with Crippen LogP contribution in [-0.2, 0) is 4.79 Å². The molecule has 1 aliphatic heterocycles. The van der Waals surface area contributed by atoms with Gasteiger partial charge in [-0.1, -0.05) is 24.3 Å². The number of carbonyl (C=O) groups is 3. The molecule has 24 heavy (non-hydrogen) atoms. The number of hydrogen-bond acceptors (Lipinski definition) is 4. The summed E-state index contributed by atoms with van der Waals surface area (Å²) in [6.45, 7) is 1.30. The fourth-order valence-corrected chi connectivity index (χ4v) is 2.51. The van der Waals surface area contributed by atoms with Gasteiger partial charge in [-0.3, -0.25) is 15.0 Å². The number of hydrogen-bond donors (Lipinski definition) is 3. The number of aliphatic carboxylic acids is 1. The number of amidine groups is 1. The number of Topliss-reactive ketones (excluding diaryl/α,β-unsaturated/α-hetero) is 1. The molecule has 4 N–H and O–H groups in total. The second-order valence-corrected chi connectivity index (χ2v) is 5.60. The van der Waals surface area contributed by atoms with Crippen molar-refractivity contribution in [2.24, 2.45) is 5.73 Å². The maximum atomic E-state index is 12.3. The lowest BCUT2D eigenvalue weighted by molar-refractivity contribution is -0.137. The van der Waals surface area contributed by atoms with Crippen LogP contribution in [-0.4, -0.2) is 64.7 Å². The van der Waals surface area contributed by atoms with Gasteiger partial charge in [0.25, 0.3) is 0 Å². The number of benzene rings is 1. The maximum absolute atomic E-state index is 12.3. The van der Waals surface area contributed by atoms with Crippen molar-refractivity contribution in [3.8, 4) is 0 Å². The van der Waals surface area contributed by atoms with Crippen molar-refractivity contribution in [1.29, 1.82) is 5.41 Å². The van der Waals surface area contributed by atoms with E-state index in [1.165, 1.54) is 4.90 Å². The molecule has 0 aliphatic carbocycles. The quantitative estimate of drug-likeness (QED) is 0.368. The topological polar surface area (TPSA) is 128 Å². The van der Waals surface area contributed by atoms with Gasteiger partial charge in [-0.2, -0.15) is 0 Å². The minimum absolute atomic E-state index is 0.0191. The highest BCUT2D eigenvalue weighted by atomic mass is 16.4. The minimum atomic E-state index is -0.886. The largest absolute Gasteiger partial charge is 0.481 e. The first-order valence-corrected chi connectivity index (χ1v) is 7.62. The van der Waals surface area contributed by atoms with E-state index in [0.29, 0.717) is 37.2 Å². The first kappa shape index (κ1) is 17.5. The van der Waals surface area contributed by atoms with Gasteiger partial charge >= 0.3 is 12.0 Å². The fourth-order valence-electron chi connectivity index (χ4n) is 2.51. The van der Waals surface area contributed by atoms with Crippen LogP contribution in [0.2, 0.25) is 0 Å². The van der Waals surface area contributed by atoms with E-state index >= 15 is 0 Å². The highest BCUT2D eigenvalue weighted by Gasteiger charge is 2.29. The number of amides is 2. The molecule has 0 unspecified atom stereocenters. The van der Waals surface area contributed by atoms with Crippen LogP contribution in [0.25, 0.3) is 0 Å². The Hall–Kier alpha value is -2.90. The zero-order chi connectivity index (χ0) is 17.7. The molecule has 0 spiro atoms. The van der Waals surface area contributed by atoms with Crippen LogP contribution < -0.4 is 5.73 Å². The molecule has 8 heteroatoms. The number of carbonyl (C=O) groups excluding carboxylic acids is 2. The third kappa shape index (κ3) is 4.31.